The number of aromatic nitrogens is 3. The standard InChI is InChI=1S/C22H26N4O5S3/c1-7-26-18(13-8-14(11(2)3)32-9-13)24-25-22(26)33-10-15(27)23-19-16(20(28)30-5)12(4)17(34-19)21(29)31-6/h8-9,11H,7,10H2,1-6H3,(H,23,27). The Morgan fingerprint density at radius 3 is 2.47 bits per heavy atom. The van der Waals surface area contributed by atoms with E-state index in [1.165, 1.54) is 30.9 Å². The smallest absolute Gasteiger partial charge is 0.348 e. The molecule has 0 radical (unpaired) electrons. The van der Waals surface area contributed by atoms with E-state index in [0.29, 0.717) is 23.2 Å². The Morgan fingerprint density at radius 2 is 1.88 bits per heavy atom. The number of nitrogens with zero attached hydrogens (tertiary/aromatic N) is 3. The van der Waals surface area contributed by atoms with Crippen LogP contribution in [-0.4, -0.2) is 52.6 Å². The Labute approximate surface area is 209 Å². The SMILES string of the molecule is CCn1c(SCC(=O)Nc2sc(C(=O)OC)c(C)c2C(=O)OC)nnc1-c1csc(C(C)C)c1. The minimum Gasteiger partial charge on any atom is -0.465 e. The molecule has 182 valence electrons. The minimum absolute atomic E-state index is 0.0458. The molecule has 34 heavy (non-hydrogen) atoms. The third kappa shape index (κ3) is 5.34. The first-order valence-electron chi connectivity index (χ1n) is 10.5. The van der Waals surface area contributed by atoms with Gasteiger partial charge >= 0.3 is 11.9 Å². The fraction of sp³-hybridized carbons (Fsp3) is 0.409. The number of ether oxygens (including phenoxy) is 2. The van der Waals surface area contributed by atoms with Crippen LogP contribution in [0.25, 0.3) is 11.4 Å². The third-order valence-corrected chi connectivity index (χ3v) is 8.36. The number of carbonyl (C=O) groups excluding carboxylic acids is 3. The highest BCUT2D eigenvalue weighted by Gasteiger charge is 2.27. The van der Waals surface area contributed by atoms with Crippen LogP contribution < -0.4 is 5.32 Å². The molecule has 0 aliphatic heterocycles. The van der Waals surface area contributed by atoms with Gasteiger partial charge in [0.15, 0.2) is 11.0 Å². The number of methoxy groups -OCH3 is 2. The molecule has 0 bridgehead atoms. The van der Waals surface area contributed by atoms with Crippen LogP contribution in [0.15, 0.2) is 16.6 Å². The predicted molar refractivity (Wildman–Crippen MR) is 134 cm³/mol. The molecule has 0 saturated heterocycles. The highest BCUT2D eigenvalue weighted by Crippen LogP contribution is 2.35. The molecule has 3 heterocycles. The van der Waals surface area contributed by atoms with Crippen LogP contribution in [0, 0.1) is 6.92 Å². The number of amides is 1. The van der Waals surface area contributed by atoms with Crippen LogP contribution in [0.4, 0.5) is 5.00 Å². The van der Waals surface area contributed by atoms with Gasteiger partial charge < -0.3 is 19.4 Å². The second kappa shape index (κ2) is 11.2. The Bertz CT molecular complexity index is 1210. The molecule has 3 aromatic rings. The molecular formula is C22H26N4O5S3. The summed E-state index contributed by atoms with van der Waals surface area (Å²) < 4.78 is 11.6. The Morgan fingerprint density at radius 1 is 1.18 bits per heavy atom. The lowest BCUT2D eigenvalue weighted by Crippen LogP contribution is -2.16. The van der Waals surface area contributed by atoms with Gasteiger partial charge in [-0.2, -0.15) is 0 Å². The molecule has 3 aromatic heterocycles. The van der Waals surface area contributed by atoms with Crippen molar-refractivity contribution in [2.24, 2.45) is 0 Å². The van der Waals surface area contributed by atoms with Gasteiger partial charge in [0.25, 0.3) is 0 Å². The van der Waals surface area contributed by atoms with E-state index < -0.39 is 11.9 Å². The zero-order chi connectivity index (χ0) is 25.0. The molecule has 0 aromatic carbocycles. The number of hydrogen-bond acceptors (Lipinski definition) is 10. The first-order valence-corrected chi connectivity index (χ1v) is 13.1. The number of esters is 2. The summed E-state index contributed by atoms with van der Waals surface area (Å²) in [5.41, 5.74) is 1.55. The van der Waals surface area contributed by atoms with E-state index in [1.54, 1.807) is 18.3 Å². The summed E-state index contributed by atoms with van der Waals surface area (Å²) in [6.45, 7) is 8.56. The summed E-state index contributed by atoms with van der Waals surface area (Å²) >= 11 is 3.92. The maximum absolute atomic E-state index is 12.7. The summed E-state index contributed by atoms with van der Waals surface area (Å²) in [4.78, 5) is 38.5. The molecule has 0 aliphatic rings. The molecule has 1 amide bonds. The van der Waals surface area contributed by atoms with Gasteiger partial charge in [0.1, 0.15) is 9.88 Å². The average molecular weight is 523 g/mol. The van der Waals surface area contributed by atoms with Crippen molar-refractivity contribution < 1.29 is 23.9 Å². The molecule has 3 rings (SSSR count). The lowest BCUT2D eigenvalue weighted by molar-refractivity contribution is -0.113. The molecule has 0 atom stereocenters. The number of thioether (sulfide) groups is 1. The number of anilines is 1. The number of carbonyl (C=O) groups is 3. The summed E-state index contributed by atoms with van der Waals surface area (Å²) in [5, 5.41) is 14.3. The Balaban J connectivity index is 1.76. The summed E-state index contributed by atoms with van der Waals surface area (Å²) in [6, 6.07) is 2.12. The van der Waals surface area contributed by atoms with E-state index in [0.717, 1.165) is 22.7 Å². The van der Waals surface area contributed by atoms with Gasteiger partial charge in [0.2, 0.25) is 5.91 Å². The van der Waals surface area contributed by atoms with Gasteiger partial charge in [-0.25, -0.2) is 9.59 Å². The van der Waals surface area contributed by atoms with Crippen LogP contribution in [0.3, 0.4) is 0 Å². The quantitative estimate of drug-likeness (QED) is 0.314. The third-order valence-electron chi connectivity index (χ3n) is 4.97. The lowest BCUT2D eigenvalue weighted by atomic mass is 10.1. The molecule has 0 saturated carbocycles. The van der Waals surface area contributed by atoms with E-state index in [1.807, 2.05) is 11.5 Å². The maximum Gasteiger partial charge on any atom is 0.348 e. The van der Waals surface area contributed by atoms with Crippen molar-refractivity contribution in [1.82, 2.24) is 14.8 Å². The molecule has 0 spiro atoms. The molecule has 0 unspecified atom stereocenters. The molecule has 0 fully saturated rings. The molecule has 12 heteroatoms. The first kappa shape index (κ1) is 25.9. The van der Waals surface area contributed by atoms with Gasteiger partial charge in [-0.15, -0.1) is 32.9 Å². The van der Waals surface area contributed by atoms with E-state index in [-0.39, 0.29) is 27.1 Å². The van der Waals surface area contributed by atoms with Crippen LogP contribution in [0.5, 0.6) is 0 Å². The van der Waals surface area contributed by atoms with Gasteiger partial charge in [-0.1, -0.05) is 25.6 Å². The van der Waals surface area contributed by atoms with Crippen LogP contribution >= 0.6 is 34.4 Å². The van der Waals surface area contributed by atoms with E-state index >= 15 is 0 Å². The summed E-state index contributed by atoms with van der Waals surface area (Å²) in [6.07, 6.45) is 0. The highest BCUT2D eigenvalue weighted by atomic mass is 32.2. The van der Waals surface area contributed by atoms with E-state index in [4.69, 9.17) is 9.47 Å². The topological polar surface area (TPSA) is 112 Å². The molecular weight excluding hydrogens is 496 g/mol. The van der Waals surface area contributed by atoms with Crippen molar-refractivity contribution in [3.8, 4) is 11.4 Å². The van der Waals surface area contributed by atoms with Crippen LogP contribution in [-0.2, 0) is 20.8 Å². The Kier molecular flexibility index (Phi) is 8.50. The molecule has 9 nitrogen and oxygen atoms in total. The van der Waals surface area contributed by atoms with Crippen molar-refractivity contribution in [3.05, 3.63) is 32.3 Å². The normalized spacial score (nSPS) is 11.0. The zero-order valence-corrected chi connectivity index (χ0v) is 22.2. The van der Waals surface area contributed by atoms with Crippen molar-refractivity contribution in [3.63, 3.8) is 0 Å². The van der Waals surface area contributed by atoms with Crippen molar-refractivity contribution in [2.45, 2.75) is 45.3 Å². The minimum atomic E-state index is -0.640. The molecule has 1 N–H and O–H groups in total. The fourth-order valence-electron chi connectivity index (χ4n) is 3.20. The van der Waals surface area contributed by atoms with Crippen molar-refractivity contribution in [1.29, 1.82) is 0 Å². The summed E-state index contributed by atoms with van der Waals surface area (Å²) in [7, 11) is 2.50. The van der Waals surface area contributed by atoms with Crippen molar-refractivity contribution >= 4 is 57.3 Å². The van der Waals surface area contributed by atoms with Gasteiger partial charge in [-0.3, -0.25) is 4.79 Å². The first-order chi connectivity index (χ1) is 16.2. The Hall–Kier alpha value is -2.70. The second-order valence-electron chi connectivity index (χ2n) is 7.52. The van der Waals surface area contributed by atoms with E-state index in [9.17, 15) is 14.4 Å². The second-order valence-corrected chi connectivity index (χ2v) is 10.4. The molecule has 0 aliphatic carbocycles. The number of hydrogen-bond donors (Lipinski definition) is 1. The van der Waals surface area contributed by atoms with Crippen molar-refractivity contribution in [2.75, 3.05) is 25.3 Å². The summed E-state index contributed by atoms with van der Waals surface area (Å²) in [5.74, 6) is -0.330. The van der Waals surface area contributed by atoms with Crippen LogP contribution in [0.1, 0.15) is 57.2 Å². The number of rotatable bonds is 9. The maximum atomic E-state index is 12.7. The van der Waals surface area contributed by atoms with E-state index in [2.05, 4.69) is 40.8 Å². The monoisotopic (exact) mass is 522 g/mol. The fourth-order valence-corrected chi connectivity index (χ4v) is 6.03. The number of nitrogens with one attached hydrogen (secondary N) is 1. The van der Waals surface area contributed by atoms with Gasteiger partial charge in [-0.05, 0) is 31.4 Å². The average Bonchev–Trinajstić information content (AvgIpc) is 3.53. The predicted octanol–water partition coefficient (Wildman–Crippen LogP) is 4.82. The highest BCUT2D eigenvalue weighted by molar-refractivity contribution is 7.99. The van der Waals surface area contributed by atoms with Crippen LogP contribution in [0.2, 0.25) is 0 Å². The lowest BCUT2D eigenvalue weighted by Gasteiger charge is -2.07. The zero-order valence-electron chi connectivity index (χ0n) is 19.8. The number of thiophene rings is 2. The van der Waals surface area contributed by atoms with Gasteiger partial charge in [0.05, 0.1) is 25.5 Å². The van der Waals surface area contributed by atoms with Gasteiger partial charge in [0, 0.05) is 22.4 Å². The largest absolute Gasteiger partial charge is 0.465 e.